The van der Waals surface area contributed by atoms with Gasteiger partial charge in [-0.2, -0.15) is 5.26 Å². The van der Waals surface area contributed by atoms with E-state index >= 15 is 0 Å². The lowest BCUT2D eigenvalue weighted by atomic mass is 10.1. The molecule has 0 atom stereocenters. The summed E-state index contributed by atoms with van der Waals surface area (Å²) in [7, 11) is 1.93. The number of rotatable bonds is 10. The third-order valence-corrected chi connectivity index (χ3v) is 5.88. The lowest BCUT2D eigenvalue weighted by molar-refractivity contribution is -0.137. The molecule has 2 aromatic heterocycles. The van der Waals surface area contributed by atoms with Crippen LogP contribution in [0.3, 0.4) is 0 Å². The highest BCUT2D eigenvalue weighted by Gasteiger charge is 2.20. The van der Waals surface area contributed by atoms with Crippen LogP contribution in [-0.4, -0.2) is 38.1 Å². The molecule has 2 N–H and O–H groups in total. The number of imidazole rings is 1. The number of nitrogens with one attached hydrogen (secondary N) is 1. The first kappa shape index (κ1) is 24.4. The number of anilines is 2. The molecule has 0 saturated carbocycles. The van der Waals surface area contributed by atoms with Gasteiger partial charge in [0, 0.05) is 37.5 Å². The van der Waals surface area contributed by atoms with Gasteiger partial charge in [0.25, 0.3) is 5.91 Å². The number of amides is 1. The smallest absolute Gasteiger partial charge is 0.303 e. The number of unbranched alkanes of at least 4 members (excludes halogenated alkanes) is 1. The molecule has 0 aliphatic rings. The largest absolute Gasteiger partial charge is 0.481 e. The van der Waals surface area contributed by atoms with Gasteiger partial charge in [-0.3, -0.25) is 14.5 Å². The van der Waals surface area contributed by atoms with Crippen LogP contribution in [0.5, 0.6) is 0 Å². The zero-order valence-corrected chi connectivity index (χ0v) is 19.9. The van der Waals surface area contributed by atoms with Gasteiger partial charge in [-0.1, -0.05) is 6.07 Å². The number of carboxylic acids is 1. The van der Waals surface area contributed by atoms with Crippen molar-refractivity contribution in [2.24, 2.45) is 7.05 Å². The number of fused-ring (bicyclic) bond motifs is 1. The van der Waals surface area contributed by atoms with Gasteiger partial charge in [-0.15, -0.1) is 0 Å². The molecule has 2 heterocycles. The van der Waals surface area contributed by atoms with E-state index in [9.17, 15) is 9.59 Å². The van der Waals surface area contributed by atoms with Gasteiger partial charge in [-0.05, 0) is 67.4 Å². The number of carbonyl (C=O) groups is 2. The van der Waals surface area contributed by atoms with Crippen molar-refractivity contribution in [1.29, 1.82) is 5.26 Å². The van der Waals surface area contributed by atoms with Gasteiger partial charge in [0.15, 0.2) is 0 Å². The highest BCUT2D eigenvalue weighted by Crippen LogP contribution is 2.21. The quantitative estimate of drug-likeness (QED) is 0.322. The topological polar surface area (TPSA) is 124 Å². The van der Waals surface area contributed by atoms with Crippen molar-refractivity contribution in [1.82, 2.24) is 14.5 Å². The number of hydrogen-bond acceptors (Lipinski definition) is 6. The third-order valence-electron chi connectivity index (χ3n) is 5.88. The molecule has 9 nitrogen and oxygen atoms in total. The fourth-order valence-corrected chi connectivity index (χ4v) is 3.92. The molecule has 9 heteroatoms. The van der Waals surface area contributed by atoms with Gasteiger partial charge in [0.1, 0.15) is 11.6 Å². The number of pyridine rings is 1. The predicted octanol–water partition coefficient (Wildman–Crippen LogP) is 4.35. The Hall–Kier alpha value is -4.71. The summed E-state index contributed by atoms with van der Waals surface area (Å²) in [5.74, 6) is 0.255. The van der Waals surface area contributed by atoms with E-state index in [4.69, 9.17) is 15.4 Å². The molecule has 0 spiro atoms. The Morgan fingerprint density at radius 2 is 1.92 bits per heavy atom. The van der Waals surface area contributed by atoms with Gasteiger partial charge in [0.05, 0.1) is 29.2 Å². The van der Waals surface area contributed by atoms with E-state index < -0.39 is 5.97 Å². The monoisotopic (exact) mass is 482 g/mol. The van der Waals surface area contributed by atoms with Crippen molar-refractivity contribution >= 4 is 34.4 Å². The van der Waals surface area contributed by atoms with Crippen molar-refractivity contribution in [2.45, 2.75) is 25.8 Å². The van der Waals surface area contributed by atoms with Gasteiger partial charge < -0.3 is 15.0 Å². The molecule has 36 heavy (non-hydrogen) atoms. The van der Waals surface area contributed by atoms with Crippen molar-refractivity contribution in [3.05, 3.63) is 83.8 Å². The fraction of sp³-hybridized carbons (Fsp3) is 0.222. The zero-order valence-electron chi connectivity index (χ0n) is 19.9. The maximum absolute atomic E-state index is 13.5. The summed E-state index contributed by atoms with van der Waals surface area (Å²) in [5.41, 5.74) is 3.56. The number of carboxylic acid groups (broad SMARTS) is 1. The third kappa shape index (κ3) is 5.67. The zero-order chi connectivity index (χ0) is 25.5. The van der Waals surface area contributed by atoms with Crippen LogP contribution in [0.4, 0.5) is 11.5 Å². The lowest BCUT2D eigenvalue weighted by Gasteiger charge is -2.21. The molecule has 0 fully saturated rings. The van der Waals surface area contributed by atoms with Crippen LogP contribution in [0.2, 0.25) is 0 Å². The van der Waals surface area contributed by atoms with Crippen LogP contribution in [0, 0.1) is 11.3 Å². The summed E-state index contributed by atoms with van der Waals surface area (Å²) in [6.07, 6.45) is 2.71. The average Bonchev–Trinajstić information content (AvgIpc) is 3.22. The molecule has 0 aliphatic carbocycles. The summed E-state index contributed by atoms with van der Waals surface area (Å²) >= 11 is 0. The van der Waals surface area contributed by atoms with E-state index in [-0.39, 0.29) is 12.3 Å². The van der Waals surface area contributed by atoms with Crippen LogP contribution in [-0.2, 0) is 18.4 Å². The number of aromatic nitrogens is 3. The van der Waals surface area contributed by atoms with E-state index in [1.54, 1.807) is 47.5 Å². The molecule has 0 radical (unpaired) electrons. The molecule has 0 saturated heterocycles. The average molecular weight is 483 g/mol. The first-order chi connectivity index (χ1) is 17.5. The Bertz CT molecular complexity index is 1410. The maximum atomic E-state index is 13.5. The molecular formula is C27H26N6O3. The van der Waals surface area contributed by atoms with Crippen LogP contribution < -0.4 is 10.2 Å². The van der Waals surface area contributed by atoms with E-state index in [1.807, 2.05) is 35.9 Å². The predicted molar refractivity (Wildman–Crippen MR) is 137 cm³/mol. The Labute approximate surface area is 208 Å². The number of benzene rings is 2. The lowest BCUT2D eigenvalue weighted by Crippen LogP contribution is -2.32. The normalized spacial score (nSPS) is 10.7. The molecule has 0 aliphatic heterocycles. The summed E-state index contributed by atoms with van der Waals surface area (Å²) < 4.78 is 1.97. The summed E-state index contributed by atoms with van der Waals surface area (Å²) in [4.78, 5) is 35.0. The van der Waals surface area contributed by atoms with Crippen molar-refractivity contribution < 1.29 is 14.7 Å². The first-order valence-electron chi connectivity index (χ1n) is 11.6. The minimum Gasteiger partial charge on any atom is -0.481 e. The number of hydrogen-bond donors (Lipinski definition) is 2. The number of aryl methyl sites for hydroxylation is 1. The van der Waals surface area contributed by atoms with Crippen molar-refractivity contribution in [3.8, 4) is 6.07 Å². The second-order valence-corrected chi connectivity index (χ2v) is 8.33. The number of nitrogens with zero attached hydrogens (tertiary/aromatic N) is 5. The summed E-state index contributed by atoms with van der Waals surface area (Å²) in [6, 6.07) is 20.1. The van der Waals surface area contributed by atoms with E-state index in [2.05, 4.69) is 16.4 Å². The molecule has 1 amide bonds. The molecule has 0 unspecified atom stereocenters. The first-order valence-corrected chi connectivity index (χ1v) is 11.6. The van der Waals surface area contributed by atoms with Crippen LogP contribution in [0.25, 0.3) is 11.0 Å². The summed E-state index contributed by atoms with van der Waals surface area (Å²) in [5, 5.41) is 21.2. The summed E-state index contributed by atoms with van der Waals surface area (Å²) in [6.45, 7) is 0.840. The van der Waals surface area contributed by atoms with Crippen LogP contribution in [0.15, 0.2) is 66.9 Å². The molecule has 4 aromatic rings. The Balaban J connectivity index is 1.53. The van der Waals surface area contributed by atoms with E-state index in [0.717, 1.165) is 17.0 Å². The molecule has 182 valence electrons. The van der Waals surface area contributed by atoms with Gasteiger partial charge in [0.2, 0.25) is 0 Å². The minimum absolute atomic E-state index is 0.0590. The second-order valence-electron chi connectivity index (χ2n) is 8.33. The Kier molecular flexibility index (Phi) is 7.56. The van der Waals surface area contributed by atoms with E-state index in [0.29, 0.717) is 48.4 Å². The molecule has 4 rings (SSSR count). The van der Waals surface area contributed by atoms with Gasteiger partial charge >= 0.3 is 5.97 Å². The van der Waals surface area contributed by atoms with Crippen LogP contribution in [0.1, 0.15) is 41.0 Å². The number of aliphatic carboxylic acids is 1. The highest BCUT2D eigenvalue weighted by molar-refractivity contribution is 6.07. The molecule has 0 bridgehead atoms. The SMILES string of the molecule is Cn1c(CNc2ccc(C#N)cc2)nc2cc(C(=O)N(CCCCC(=O)O)c3ccccn3)ccc21. The van der Waals surface area contributed by atoms with Crippen molar-refractivity contribution in [2.75, 3.05) is 16.8 Å². The van der Waals surface area contributed by atoms with E-state index in [1.165, 1.54) is 0 Å². The minimum atomic E-state index is -0.851. The molecular weight excluding hydrogens is 456 g/mol. The number of nitriles is 1. The van der Waals surface area contributed by atoms with Gasteiger partial charge in [-0.25, -0.2) is 9.97 Å². The number of carbonyl (C=O) groups excluding carboxylic acids is 1. The second kappa shape index (κ2) is 11.1. The Morgan fingerprint density at radius 1 is 1.11 bits per heavy atom. The fourth-order valence-electron chi connectivity index (χ4n) is 3.92. The molecule has 2 aromatic carbocycles. The van der Waals surface area contributed by atoms with Crippen molar-refractivity contribution in [3.63, 3.8) is 0 Å². The standard InChI is InChI=1S/C27H26N6O3/c1-32-23-13-10-20(16-22(23)31-25(32)18-30-21-11-8-19(17-28)9-12-21)27(36)33(15-5-3-7-26(34)35)24-6-2-4-14-29-24/h2,4,6,8-14,16,30H,3,5,7,15,18H2,1H3,(H,34,35). The van der Waals surface area contributed by atoms with Crippen LogP contribution >= 0.6 is 0 Å². The highest BCUT2D eigenvalue weighted by atomic mass is 16.4. The Morgan fingerprint density at radius 3 is 2.61 bits per heavy atom. The maximum Gasteiger partial charge on any atom is 0.303 e.